The Labute approximate surface area is 158 Å². The molecule has 0 aliphatic heterocycles. The minimum atomic E-state index is 0.800. The number of hydrogen-bond acceptors (Lipinski definition) is 3. The molecule has 3 nitrogen and oxygen atoms in total. The Morgan fingerprint density at radius 2 is 1.00 bits per heavy atom. The van der Waals surface area contributed by atoms with Gasteiger partial charge in [-0.1, -0.05) is 70.4 Å². The summed E-state index contributed by atoms with van der Waals surface area (Å²) in [7, 11) is 0. The van der Waals surface area contributed by atoms with Crippen LogP contribution in [0, 0.1) is 0 Å². The molecule has 0 aromatic rings. The zero-order valence-corrected chi connectivity index (χ0v) is 17.2. The van der Waals surface area contributed by atoms with Gasteiger partial charge in [0.15, 0.2) is 0 Å². The maximum absolute atomic E-state index is 5.63. The van der Waals surface area contributed by atoms with E-state index >= 15 is 0 Å². The van der Waals surface area contributed by atoms with Crippen LogP contribution in [-0.2, 0) is 0 Å². The van der Waals surface area contributed by atoms with Crippen LogP contribution in [0.25, 0.3) is 0 Å². The van der Waals surface area contributed by atoms with Crippen LogP contribution in [0.15, 0.2) is 12.2 Å². The largest absolute Gasteiger partial charge is 0.330 e. The molecule has 0 aliphatic carbocycles. The molecule has 0 spiro atoms. The molecular weight excluding hydrogens is 306 g/mol. The maximum atomic E-state index is 5.63. The Kier molecular flexibility index (Phi) is 21.3. The summed E-state index contributed by atoms with van der Waals surface area (Å²) in [6.07, 6.45) is 23.4. The van der Waals surface area contributed by atoms with Crippen molar-refractivity contribution in [3.63, 3.8) is 0 Å². The van der Waals surface area contributed by atoms with Gasteiger partial charge in [0.1, 0.15) is 0 Å². The van der Waals surface area contributed by atoms with Crippen LogP contribution < -0.4 is 11.5 Å². The van der Waals surface area contributed by atoms with Crippen LogP contribution in [0.5, 0.6) is 0 Å². The van der Waals surface area contributed by atoms with Crippen molar-refractivity contribution in [2.24, 2.45) is 11.5 Å². The van der Waals surface area contributed by atoms with Crippen molar-refractivity contribution in [1.82, 2.24) is 4.90 Å². The molecule has 0 bridgehead atoms. The summed E-state index contributed by atoms with van der Waals surface area (Å²) in [6, 6.07) is 0. The van der Waals surface area contributed by atoms with E-state index in [4.69, 9.17) is 11.5 Å². The van der Waals surface area contributed by atoms with Crippen LogP contribution in [0.3, 0.4) is 0 Å². The predicted octanol–water partition coefficient (Wildman–Crippen LogP) is 5.24. The van der Waals surface area contributed by atoms with Gasteiger partial charge in [0.05, 0.1) is 0 Å². The van der Waals surface area contributed by atoms with Gasteiger partial charge in [0, 0.05) is 0 Å². The monoisotopic (exact) mass is 353 g/mol. The fourth-order valence-corrected chi connectivity index (χ4v) is 3.26. The molecule has 0 aliphatic rings. The van der Waals surface area contributed by atoms with Gasteiger partial charge in [0.2, 0.25) is 0 Å². The molecule has 0 aromatic heterocycles. The second-order valence-electron chi connectivity index (χ2n) is 7.33. The lowest BCUT2D eigenvalue weighted by Crippen LogP contribution is -2.29. The standard InChI is InChI=1S/C22H47N3/c1-2-3-4-5-6-7-8-9-10-11-12-13-14-15-20-25(21-16-18-23)22-17-19-24/h3-4H,2,5-24H2,1H3/b4-3+. The first-order chi connectivity index (χ1) is 12.3. The second-order valence-corrected chi connectivity index (χ2v) is 7.33. The molecule has 0 radical (unpaired) electrons. The van der Waals surface area contributed by atoms with E-state index in [1.807, 2.05) is 0 Å². The van der Waals surface area contributed by atoms with Crippen molar-refractivity contribution in [2.45, 2.75) is 96.8 Å². The van der Waals surface area contributed by atoms with Crippen LogP contribution in [-0.4, -0.2) is 37.6 Å². The van der Waals surface area contributed by atoms with Gasteiger partial charge in [-0.05, 0) is 71.2 Å². The van der Waals surface area contributed by atoms with E-state index in [0.717, 1.165) is 39.0 Å². The smallest absolute Gasteiger partial charge is 0.000671 e. The van der Waals surface area contributed by atoms with Gasteiger partial charge in [-0.3, -0.25) is 0 Å². The molecular formula is C22H47N3. The molecule has 0 fully saturated rings. The number of nitrogens with two attached hydrogens (primary N) is 2. The van der Waals surface area contributed by atoms with E-state index in [2.05, 4.69) is 24.0 Å². The van der Waals surface area contributed by atoms with E-state index in [0.29, 0.717) is 0 Å². The number of unbranched alkanes of at least 4 members (excludes halogenated alkanes) is 10. The number of hydrogen-bond donors (Lipinski definition) is 2. The summed E-state index contributed by atoms with van der Waals surface area (Å²) >= 11 is 0. The van der Waals surface area contributed by atoms with Crippen molar-refractivity contribution in [2.75, 3.05) is 32.7 Å². The zero-order valence-electron chi connectivity index (χ0n) is 17.2. The average Bonchev–Trinajstić information content (AvgIpc) is 2.63. The van der Waals surface area contributed by atoms with Gasteiger partial charge >= 0.3 is 0 Å². The zero-order chi connectivity index (χ0) is 18.4. The van der Waals surface area contributed by atoms with Gasteiger partial charge in [-0.15, -0.1) is 0 Å². The highest BCUT2D eigenvalue weighted by Gasteiger charge is 2.03. The van der Waals surface area contributed by atoms with Crippen molar-refractivity contribution >= 4 is 0 Å². The summed E-state index contributed by atoms with van der Waals surface area (Å²) in [5, 5.41) is 0. The van der Waals surface area contributed by atoms with Crippen molar-refractivity contribution < 1.29 is 0 Å². The Bertz CT molecular complexity index is 258. The van der Waals surface area contributed by atoms with Crippen LogP contribution in [0.1, 0.15) is 96.8 Å². The van der Waals surface area contributed by atoms with Crippen molar-refractivity contribution in [3.8, 4) is 0 Å². The summed E-state index contributed by atoms with van der Waals surface area (Å²) in [4.78, 5) is 2.55. The fourth-order valence-electron chi connectivity index (χ4n) is 3.26. The molecule has 0 saturated carbocycles. The quantitative estimate of drug-likeness (QED) is 0.232. The highest BCUT2D eigenvalue weighted by molar-refractivity contribution is 4.79. The van der Waals surface area contributed by atoms with Crippen LogP contribution >= 0.6 is 0 Å². The number of allylic oxidation sites excluding steroid dienone is 2. The summed E-state index contributed by atoms with van der Waals surface area (Å²) in [5.74, 6) is 0. The van der Waals surface area contributed by atoms with Gasteiger partial charge in [0.25, 0.3) is 0 Å². The van der Waals surface area contributed by atoms with Gasteiger partial charge in [-0.25, -0.2) is 0 Å². The van der Waals surface area contributed by atoms with E-state index < -0.39 is 0 Å². The van der Waals surface area contributed by atoms with Crippen molar-refractivity contribution in [3.05, 3.63) is 12.2 Å². The molecule has 25 heavy (non-hydrogen) atoms. The lowest BCUT2D eigenvalue weighted by atomic mass is 10.1. The minimum absolute atomic E-state index is 0.800. The number of rotatable bonds is 20. The fraction of sp³-hybridized carbons (Fsp3) is 0.909. The highest BCUT2D eigenvalue weighted by Crippen LogP contribution is 2.12. The van der Waals surface area contributed by atoms with Gasteiger partial charge < -0.3 is 16.4 Å². The molecule has 0 heterocycles. The molecule has 0 amide bonds. The normalized spacial score (nSPS) is 11.8. The van der Waals surface area contributed by atoms with Crippen LogP contribution in [0.4, 0.5) is 0 Å². The molecule has 0 atom stereocenters. The van der Waals surface area contributed by atoms with Gasteiger partial charge in [-0.2, -0.15) is 0 Å². The summed E-state index contributed by atoms with van der Waals surface area (Å²) in [5.41, 5.74) is 11.3. The molecule has 0 aromatic carbocycles. The maximum Gasteiger partial charge on any atom is -0.000671 e. The third kappa shape index (κ3) is 19.8. The number of nitrogens with zero attached hydrogens (tertiary/aromatic N) is 1. The molecule has 3 heteroatoms. The lowest BCUT2D eigenvalue weighted by Gasteiger charge is -2.21. The first-order valence-electron chi connectivity index (χ1n) is 11.1. The molecule has 4 N–H and O–H groups in total. The average molecular weight is 354 g/mol. The summed E-state index contributed by atoms with van der Waals surface area (Å²) in [6.45, 7) is 7.32. The second kappa shape index (κ2) is 21.7. The topological polar surface area (TPSA) is 55.3 Å². The van der Waals surface area contributed by atoms with Crippen molar-refractivity contribution in [1.29, 1.82) is 0 Å². The Morgan fingerprint density at radius 1 is 0.560 bits per heavy atom. The summed E-state index contributed by atoms with van der Waals surface area (Å²) < 4.78 is 0. The Balaban J connectivity index is 3.31. The highest BCUT2D eigenvalue weighted by atomic mass is 15.1. The molecule has 0 unspecified atom stereocenters. The van der Waals surface area contributed by atoms with E-state index in [1.54, 1.807) is 0 Å². The molecule has 0 rings (SSSR count). The van der Waals surface area contributed by atoms with E-state index in [-0.39, 0.29) is 0 Å². The predicted molar refractivity (Wildman–Crippen MR) is 114 cm³/mol. The third-order valence-corrected chi connectivity index (χ3v) is 4.85. The molecule has 150 valence electrons. The first kappa shape index (κ1) is 24.6. The Morgan fingerprint density at radius 3 is 1.48 bits per heavy atom. The molecule has 0 saturated heterocycles. The first-order valence-corrected chi connectivity index (χ1v) is 11.1. The van der Waals surface area contributed by atoms with E-state index in [9.17, 15) is 0 Å². The van der Waals surface area contributed by atoms with Crippen LogP contribution in [0.2, 0.25) is 0 Å². The third-order valence-electron chi connectivity index (χ3n) is 4.85. The van der Waals surface area contributed by atoms with E-state index in [1.165, 1.54) is 83.6 Å². The lowest BCUT2D eigenvalue weighted by molar-refractivity contribution is 0.263. The Hall–Kier alpha value is -0.380. The SMILES string of the molecule is CC/C=C/CCCCCCCCCCCCN(CCCN)CCCN. The minimum Gasteiger partial charge on any atom is -0.330 e.